The SMILES string of the molecule is CCOc1nc(N)nc2c1ncn2[C@@H]1O[C@H](CO[P@](=O)(N[C@@H](C)COC(=O)C(C)C)Oc2ccccc2)[C@@H](O)[C@@]1(C)Cl. The summed E-state index contributed by atoms with van der Waals surface area (Å²) in [5.74, 6) is -0.279. The molecule has 4 N–H and O–H groups in total. The van der Waals surface area contributed by atoms with Crippen LogP contribution in [-0.2, 0) is 23.4 Å². The van der Waals surface area contributed by atoms with Gasteiger partial charge in [0.1, 0.15) is 29.4 Å². The summed E-state index contributed by atoms with van der Waals surface area (Å²) in [5.41, 5.74) is 6.52. The third kappa shape index (κ3) is 7.13. The molecule has 0 spiro atoms. The molecule has 230 valence electrons. The van der Waals surface area contributed by atoms with Crippen LogP contribution in [0.25, 0.3) is 11.2 Å². The highest BCUT2D eigenvalue weighted by Crippen LogP contribution is 2.48. The predicted molar refractivity (Wildman–Crippen MR) is 154 cm³/mol. The molecule has 3 heterocycles. The van der Waals surface area contributed by atoms with Gasteiger partial charge in [-0.3, -0.25) is 13.9 Å². The average Bonchev–Trinajstić information content (AvgIpc) is 3.44. The summed E-state index contributed by atoms with van der Waals surface area (Å²) in [6.45, 7) is 8.37. The van der Waals surface area contributed by atoms with E-state index in [1.165, 1.54) is 10.9 Å². The highest BCUT2D eigenvalue weighted by molar-refractivity contribution is 7.52. The van der Waals surface area contributed by atoms with Gasteiger partial charge in [0.15, 0.2) is 17.4 Å². The number of benzene rings is 1. The van der Waals surface area contributed by atoms with Gasteiger partial charge in [-0.1, -0.05) is 32.0 Å². The number of hydrogen-bond donors (Lipinski definition) is 3. The summed E-state index contributed by atoms with van der Waals surface area (Å²) in [5, 5.41) is 13.9. The Morgan fingerprint density at radius 3 is 2.67 bits per heavy atom. The fourth-order valence-corrected chi connectivity index (χ4v) is 6.06. The number of ether oxygens (including phenoxy) is 3. The van der Waals surface area contributed by atoms with Crippen LogP contribution in [0.4, 0.5) is 5.95 Å². The zero-order valence-electron chi connectivity index (χ0n) is 24.0. The minimum absolute atomic E-state index is 0.0410. The summed E-state index contributed by atoms with van der Waals surface area (Å²) in [6, 6.07) is 7.82. The Balaban J connectivity index is 1.53. The Labute approximate surface area is 248 Å². The average molecular weight is 627 g/mol. The maximum atomic E-state index is 13.9. The van der Waals surface area contributed by atoms with E-state index in [2.05, 4.69) is 20.0 Å². The molecule has 0 saturated carbocycles. The number of imidazole rings is 1. The number of rotatable bonds is 13. The summed E-state index contributed by atoms with van der Waals surface area (Å²) in [6.07, 6.45) is -1.85. The molecule has 1 fully saturated rings. The number of aromatic nitrogens is 4. The third-order valence-corrected chi connectivity index (χ3v) is 8.47. The molecule has 14 nitrogen and oxygen atoms in total. The summed E-state index contributed by atoms with van der Waals surface area (Å²) in [7, 11) is -4.09. The molecule has 0 aliphatic carbocycles. The lowest BCUT2D eigenvalue weighted by Gasteiger charge is -2.26. The Hall–Kier alpha value is -3.00. The van der Waals surface area contributed by atoms with Gasteiger partial charge in [0.25, 0.3) is 0 Å². The van der Waals surface area contributed by atoms with E-state index in [4.69, 9.17) is 40.6 Å². The van der Waals surface area contributed by atoms with E-state index in [1.54, 1.807) is 65.0 Å². The van der Waals surface area contributed by atoms with E-state index < -0.39 is 43.1 Å². The van der Waals surface area contributed by atoms with Crippen molar-refractivity contribution in [1.29, 1.82) is 0 Å². The number of esters is 1. The van der Waals surface area contributed by atoms with E-state index in [0.717, 1.165) is 0 Å². The van der Waals surface area contributed by atoms with Gasteiger partial charge in [-0.05, 0) is 32.9 Å². The van der Waals surface area contributed by atoms with Gasteiger partial charge in [0, 0.05) is 6.04 Å². The van der Waals surface area contributed by atoms with Crippen LogP contribution in [0.5, 0.6) is 11.6 Å². The quantitative estimate of drug-likeness (QED) is 0.143. The van der Waals surface area contributed by atoms with Crippen molar-refractivity contribution in [2.75, 3.05) is 25.6 Å². The number of nitrogens with two attached hydrogens (primary N) is 1. The molecule has 42 heavy (non-hydrogen) atoms. The predicted octanol–water partition coefficient (Wildman–Crippen LogP) is 3.44. The van der Waals surface area contributed by atoms with E-state index in [1.807, 2.05) is 0 Å². The van der Waals surface area contributed by atoms with Gasteiger partial charge < -0.3 is 29.6 Å². The molecular weight excluding hydrogens is 591 g/mol. The molecule has 1 saturated heterocycles. The van der Waals surface area contributed by atoms with Crippen molar-refractivity contribution >= 4 is 42.4 Å². The highest BCUT2D eigenvalue weighted by atomic mass is 35.5. The topological polar surface area (TPSA) is 182 Å². The van der Waals surface area contributed by atoms with Crippen molar-refractivity contribution in [2.45, 2.75) is 64.0 Å². The van der Waals surface area contributed by atoms with Gasteiger partial charge in [0.2, 0.25) is 11.8 Å². The fraction of sp³-hybridized carbons (Fsp3) is 0.538. The van der Waals surface area contributed by atoms with Gasteiger partial charge in [-0.25, -0.2) is 14.6 Å². The Kier molecular flexibility index (Phi) is 9.96. The van der Waals surface area contributed by atoms with Crippen LogP contribution in [-0.4, -0.2) is 73.5 Å². The number of alkyl halides is 1. The fourth-order valence-electron chi connectivity index (χ4n) is 4.23. The van der Waals surface area contributed by atoms with E-state index in [0.29, 0.717) is 17.8 Å². The first-order valence-electron chi connectivity index (χ1n) is 13.4. The van der Waals surface area contributed by atoms with Crippen molar-refractivity contribution in [3.63, 3.8) is 0 Å². The number of carbonyl (C=O) groups excluding carboxylic acids is 1. The van der Waals surface area contributed by atoms with Crippen LogP contribution >= 0.6 is 19.3 Å². The minimum Gasteiger partial charge on any atom is -0.476 e. The number of anilines is 1. The van der Waals surface area contributed by atoms with E-state index in [9.17, 15) is 14.5 Å². The van der Waals surface area contributed by atoms with Crippen LogP contribution in [0.2, 0.25) is 0 Å². The molecular formula is C26H36ClN6O8P. The van der Waals surface area contributed by atoms with Gasteiger partial charge >= 0.3 is 13.7 Å². The number of carbonyl (C=O) groups is 1. The first-order chi connectivity index (χ1) is 19.8. The second kappa shape index (κ2) is 13.1. The number of halogens is 1. The zero-order valence-corrected chi connectivity index (χ0v) is 25.6. The number of nitrogen functional groups attached to an aromatic ring is 1. The Morgan fingerprint density at radius 1 is 1.29 bits per heavy atom. The number of aliphatic hydroxyl groups is 1. The summed E-state index contributed by atoms with van der Waals surface area (Å²) in [4.78, 5) is 23.2. The van der Waals surface area contributed by atoms with Crippen LogP contribution in [0.1, 0.15) is 40.8 Å². The van der Waals surface area contributed by atoms with Crippen molar-refractivity contribution in [1.82, 2.24) is 24.6 Å². The first-order valence-corrected chi connectivity index (χ1v) is 15.4. The minimum atomic E-state index is -4.09. The van der Waals surface area contributed by atoms with Gasteiger partial charge in [-0.2, -0.15) is 9.97 Å². The number of nitrogens with zero attached hydrogens (tertiary/aromatic N) is 4. The van der Waals surface area contributed by atoms with Crippen LogP contribution < -0.4 is 20.1 Å². The number of fused-ring (bicyclic) bond motifs is 1. The molecule has 0 amide bonds. The molecule has 6 atom stereocenters. The van der Waals surface area contributed by atoms with Crippen molar-refractivity contribution in [2.24, 2.45) is 5.92 Å². The summed E-state index contributed by atoms with van der Waals surface area (Å²) >= 11 is 6.82. The van der Waals surface area contributed by atoms with E-state index >= 15 is 0 Å². The highest BCUT2D eigenvalue weighted by Gasteiger charge is 2.54. The summed E-state index contributed by atoms with van der Waals surface area (Å²) < 4.78 is 43.9. The first kappa shape index (κ1) is 31.9. The second-order valence-electron chi connectivity index (χ2n) is 10.3. The molecule has 1 aliphatic heterocycles. The molecule has 0 bridgehead atoms. The van der Waals surface area contributed by atoms with Crippen LogP contribution in [0, 0.1) is 5.92 Å². The van der Waals surface area contributed by atoms with Gasteiger partial charge in [0.05, 0.1) is 25.5 Å². The normalized spacial score (nSPS) is 24.4. The largest absolute Gasteiger partial charge is 0.476 e. The maximum absolute atomic E-state index is 13.9. The van der Waals surface area contributed by atoms with Crippen LogP contribution in [0.15, 0.2) is 36.7 Å². The lowest BCUT2D eigenvalue weighted by atomic mass is 10.0. The molecule has 16 heteroatoms. The molecule has 3 aromatic rings. The van der Waals surface area contributed by atoms with Crippen molar-refractivity contribution < 1.29 is 37.7 Å². The second-order valence-corrected chi connectivity index (χ2v) is 12.8. The molecule has 1 aromatic carbocycles. The van der Waals surface area contributed by atoms with Crippen molar-refractivity contribution in [3.8, 4) is 11.6 Å². The lowest BCUT2D eigenvalue weighted by Crippen LogP contribution is -2.40. The number of aliphatic hydroxyl groups excluding tert-OH is 1. The molecule has 2 aromatic heterocycles. The molecule has 4 rings (SSSR count). The molecule has 0 unspecified atom stereocenters. The van der Waals surface area contributed by atoms with Crippen LogP contribution in [0.3, 0.4) is 0 Å². The lowest BCUT2D eigenvalue weighted by molar-refractivity contribution is -0.147. The van der Waals surface area contributed by atoms with Crippen molar-refractivity contribution in [3.05, 3.63) is 36.7 Å². The monoisotopic (exact) mass is 626 g/mol. The maximum Gasteiger partial charge on any atom is 0.459 e. The zero-order chi connectivity index (χ0) is 30.7. The Bertz CT molecular complexity index is 1420. The standard InChI is InChI=1S/C26H36ClN6O8P/c1-6-37-22-19-21(30-25(28)31-22)33(14-29-19)24-26(5,27)20(34)18(40-24)13-39-42(36,41-17-10-8-7-9-11-17)32-16(4)12-38-23(35)15(2)3/h7-11,14-16,18,20,24,34H,6,12-13H2,1-5H3,(H,32,36)(H2,28,30,31)/t16-,18+,20+,24+,26+,42+/m0/s1. The molecule has 0 radical (unpaired) electrons. The smallest absolute Gasteiger partial charge is 0.459 e. The third-order valence-electron chi connectivity index (χ3n) is 6.36. The Morgan fingerprint density at radius 2 is 2.00 bits per heavy atom. The molecule has 1 aliphatic rings. The number of hydrogen-bond acceptors (Lipinski definition) is 12. The number of nitrogens with one attached hydrogen (secondary N) is 1. The van der Waals surface area contributed by atoms with E-state index in [-0.39, 0.29) is 36.7 Å². The number of para-hydroxylation sites is 1. The van der Waals surface area contributed by atoms with Gasteiger partial charge in [-0.15, -0.1) is 11.6 Å².